The predicted molar refractivity (Wildman–Crippen MR) is 106 cm³/mol. The number of sulfonamides is 2. The predicted octanol–water partition coefficient (Wildman–Crippen LogP) is 0.754. The van der Waals surface area contributed by atoms with E-state index in [1.807, 2.05) is 6.26 Å². The van der Waals surface area contributed by atoms with Crippen molar-refractivity contribution < 1.29 is 36.6 Å². The van der Waals surface area contributed by atoms with Crippen LogP contribution in [0.2, 0.25) is 0 Å². The number of carboxylic acid groups (broad SMARTS) is 2. The largest absolute Gasteiger partial charge is 0.478 e. The minimum atomic E-state index is -3.65. The molecule has 2 rings (SSSR count). The van der Waals surface area contributed by atoms with Crippen molar-refractivity contribution in [2.45, 2.75) is 14.8 Å². The van der Waals surface area contributed by atoms with Gasteiger partial charge in [0.1, 0.15) is 8.42 Å². The van der Waals surface area contributed by atoms with E-state index in [0.29, 0.717) is 24.3 Å². The third-order valence-electron chi connectivity index (χ3n) is 2.88. The minimum Gasteiger partial charge on any atom is -0.478 e. The van der Waals surface area contributed by atoms with Crippen LogP contribution < -0.4 is 9.44 Å². The third kappa shape index (κ3) is 7.63. The lowest BCUT2D eigenvalue weighted by Crippen LogP contribution is -2.24. The number of hydrogen-bond acceptors (Lipinski definition) is 8. The Morgan fingerprint density at radius 2 is 1.89 bits per heavy atom. The molecule has 1 aliphatic rings. The molecule has 0 saturated carbocycles. The van der Waals surface area contributed by atoms with E-state index in [-0.39, 0.29) is 8.42 Å². The zero-order valence-corrected chi connectivity index (χ0v) is 17.8. The molecule has 1 aromatic rings. The second-order valence-corrected chi connectivity index (χ2v) is 11.0. The van der Waals surface area contributed by atoms with E-state index in [0.717, 1.165) is 23.5 Å². The van der Waals surface area contributed by atoms with E-state index in [2.05, 4.69) is 9.44 Å². The molecule has 2 heterocycles. The van der Waals surface area contributed by atoms with Crippen LogP contribution >= 0.6 is 23.1 Å². The molecule has 0 aliphatic carbocycles. The molecule has 0 fully saturated rings. The molecule has 1 aromatic heterocycles. The molecule has 14 heteroatoms. The molecule has 28 heavy (non-hydrogen) atoms. The number of thioether (sulfide) groups is 1. The van der Waals surface area contributed by atoms with E-state index < -0.39 is 32.0 Å². The summed E-state index contributed by atoms with van der Waals surface area (Å²) in [6.45, 7) is 0.340. The first-order valence-electron chi connectivity index (χ1n) is 7.45. The Kier molecular flexibility index (Phi) is 9.16. The van der Waals surface area contributed by atoms with Crippen molar-refractivity contribution in [1.29, 1.82) is 0 Å². The molecule has 0 atom stereocenters. The van der Waals surface area contributed by atoms with Crippen LogP contribution in [0, 0.1) is 0 Å². The molecule has 0 bridgehead atoms. The molecule has 0 amide bonds. The first-order valence-corrected chi connectivity index (χ1v) is 12.6. The van der Waals surface area contributed by atoms with Crippen molar-refractivity contribution in [2.24, 2.45) is 0 Å². The molecular formula is C14H18N2O8S4. The topological polar surface area (TPSA) is 167 Å². The van der Waals surface area contributed by atoms with Gasteiger partial charge in [-0.15, -0.1) is 11.3 Å². The first-order chi connectivity index (χ1) is 13.0. The van der Waals surface area contributed by atoms with Crippen LogP contribution in [0.4, 0.5) is 0 Å². The molecule has 0 saturated heterocycles. The summed E-state index contributed by atoms with van der Waals surface area (Å²) >= 11 is 2.40. The van der Waals surface area contributed by atoms with Crippen LogP contribution in [0.15, 0.2) is 32.8 Å². The van der Waals surface area contributed by atoms with Crippen LogP contribution in [-0.2, 0) is 29.6 Å². The van der Waals surface area contributed by atoms with Gasteiger partial charge in [-0.3, -0.25) is 4.72 Å². The fraction of sp³-hybridized carbons (Fsp3) is 0.286. The van der Waals surface area contributed by atoms with E-state index in [9.17, 15) is 26.4 Å². The van der Waals surface area contributed by atoms with Gasteiger partial charge in [0.2, 0.25) is 10.0 Å². The lowest BCUT2D eigenvalue weighted by atomic mass is 10.3. The van der Waals surface area contributed by atoms with Gasteiger partial charge in [0.15, 0.2) is 0 Å². The number of rotatable bonds is 8. The summed E-state index contributed by atoms with van der Waals surface area (Å²) in [6, 6.07) is 1.38. The van der Waals surface area contributed by atoms with Gasteiger partial charge in [-0.2, -0.15) is 11.8 Å². The number of aliphatic carboxylic acids is 2. The highest BCUT2D eigenvalue weighted by atomic mass is 32.3. The van der Waals surface area contributed by atoms with Gasteiger partial charge in [0.05, 0.1) is 0 Å². The number of fused-ring (bicyclic) bond motifs is 1. The summed E-state index contributed by atoms with van der Waals surface area (Å²) in [6.07, 6.45) is 6.62. The van der Waals surface area contributed by atoms with E-state index in [1.54, 1.807) is 17.8 Å². The Morgan fingerprint density at radius 1 is 1.29 bits per heavy atom. The first kappa shape index (κ1) is 24.2. The van der Waals surface area contributed by atoms with Crippen LogP contribution in [0.25, 0.3) is 6.08 Å². The second-order valence-electron chi connectivity index (χ2n) is 5.02. The summed E-state index contributed by atoms with van der Waals surface area (Å²) in [5.74, 6) is -1.65. The maximum Gasteiger partial charge on any atom is 0.328 e. The van der Waals surface area contributed by atoms with Gasteiger partial charge in [-0.25, -0.2) is 31.1 Å². The summed E-state index contributed by atoms with van der Waals surface area (Å²) < 4.78 is 52.4. The highest BCUT2D eigenvalue weighted by Crippen LogP contribution is 2.32. The Bertz CT molecular complexity index is 961. The molecule has 1 aliphatic heterocycles. The average Bonchev–Trinajstić information content (AvgIpc) is 3.04. The molecule has 0 radical (unpaired) electrons. The zero-order chi connectivity index (χ0) is 21.4. The molecule has 10 nitrogen and oxygen atoms in total. The van der Waals surface area contributed by atoms with Crippen molar-refractivity contribution in [3.8, 4) is 0 Å². The minimum absolute atomic E-state index is 0.0172. The van der Waals surface area contributed by atoms with Crippen molar-refractivity contribution in [3.05, 3.63) is 30.0 Å². The molecule has 0 spiro atoms. The SMILES string of the molecule is CSCCCNS(=O)(=O)c1cc2c(s1)S(=O)(=O)NC=C2.O=C(O)/C=C\C(=O)O. The third-order valence-corrected chi connectivity index (χ3v) is 8.54. The van der Waals surface area contributed by atoms with Gasteiger partial charge in [-0.1, -0.05) is 0 Å². The molecule has 0 aromatic carbocycles. The van der Waals surface area contributed by atoms with Gasteiger partial charge in [0.25, 0.3) is 10.0 Å². The van der Waals surface area contributed by atoms with E-state index in [1.165, 1.54) is 12.3 Å². The number of carbonyl (C=O) groups is 2. The molecular weight excluding hydrogens is 452 g/mol. The maximum atomic E-state index is 12.1. The highest BCUT2D eigenvalue weighted by molar-refractivity contribution is 7.98. The summed E-state index contributed by atoms with van der Waals surface area (Å²) in [5.41, 5.74) is 0.401. The van der Waals surface area contributed by atoms with Gasteiger partial charge in [-0.05, 0) is 30.6 Å². The van der Waals surface area contributed by atoms with Crippen LogP contribution in [0.3, 0.4) is 0 Å². The van der Waals surface area contributed by atoms with Crippen LogP contribution in [-0.4, -0.2) is 57.5 Å². The van der Waals surface area contributed by atoms with Crippen LogP contribution in [0.5, 0.6) is 0 Å². The van der Waals surface area contributed by atoms with Gasteiger partial charge >= 0.3 is 11.9 Å². The van der Waals surface area contributed by atoms with Crippen molar-refractivity contribution in [1.82, 2.24) is 9.44 Å². The standard InChI is InChI=1S/C10H14N2O4S4.C4H4O4/c1-17-6-2-4-11-19(13,14)9-7-8-3-5-12-20(15,16)10(8)18-9;5-3(6)1-2-4(7)8/h3,5,7,11-12H,2,4,6H2,1H3;1-2H,(H,5,6)(H,7,8)/b;2-1-. The lowest BCUT2D eigenvalue weighted by molar-refractivity contribution is -0.134. The van der Waals surface area contributed by atoms with Gasteiger partial charge in [0, 0.05) is 30.5 Å². The number of thiophene rings is 1. The van der Waals surface area contributed by atoms with Crippen molar-refractivity contribution in [3.63, 3.8) is 0 Å². The monoisotopic (exact) mass is 470 g/mol. The fourth-order valence-electron chi connectivity index (χ4n) is 1.73. The van der Waals surface area contributed by atoms with Crippen LogP contribution in [0.1, 0.15) is 12.0 Å². The number of nitrogens with one attached hydrogen (secondary N) is 2. The smallest absolute Gasteiger partial charge is 0.328 e. The fourth-order valence-corrected chi connectivity index (χ4v) is 6.28. The summed E-state index contributed by atoms with van der Waals surface area (Å²) in [7, 11) is -7.28. The molecule has 156 valence electrons. The summed E-state index contributed by atoms with van der Waals surface area (Å²) in [5, 5.41) is 15.6. The number of hydrogen-bond donors (Lipinski definition) is 4. The quantitative estimate of drug-likeness (QED) is 0.317. The molecule has 0 unspecified atom stereocenters. The molecule has 4 N–H and O–H groups in total. The van der Waals surface area contributed by atoms with Gasteiger partial charge < -0.3 is 10.2 Å². The Balaban J connectivity index is 0.000000416. The lowest BCUT2D eigenvalue weighted by Gasteiger charge is -2.06. The second kappa shape index (κ2) is 10.6. The Labute approximate surface area is 170 Å². The zero-order valence-electron chi connectivity index (χ0n) is 14.5. The van der Waals surface area contributed by atoms with E-state index >= 15 is 0 Å². The van der Waals surface area contributed by atoms with Crippen molar-refractivity contribution in [2.75, 3.05) is 18.6 Å². The Morgan fingerprint density at radius 3 is 2.39 bits per heavy atom. The van der Waals surface area contributed by atoms with Crippen molar-refractivity contribution >= 4 is 61.2 Å². The Hall–Kier alpha value is -1.87. The summed E-state index contributed by atoms with van der Waals surface area (Å²) in [4.78, 5) is 19.1. The number of carboxylic acids is 2. The average molecular weight is 471 g/mol. The normalized spacial score (nSPS) is 14.6. The van der Waals surface area contributed by atoms with E-state index in [4.69, 9.17) is 10.2 Å². The highest BCUT2D eigenvalue weighted by Gasteiger charge is 2.27. The maximum absolute atomic E-state index is 12.1.